The molecule has 4 nitrogen and oxygen atoms in total. The third kappa shape index (κ3) is 3.24. The van der Waals surface area contributed by atoms with E-state index in [2.05, 4.69) is 19.2 Å². The van der Waals surface area contributed by atoms with Crippen LogP contribution in [0.25, 0.3) is 0 Å². The number of carbonyl (C=O) groups is 2. The molecule has 0 aliphatic carbocycles. The Morgan fingerprint density at radius 2 is 1.89 bits per heavy atom. The van der Waals surface area contributed by atoms with Crippen molar-refractivity contribution >= 4 is 11.8 Å². The summed E-state index contributed by atoms with van der Waals surface area (Å²) in [6.07, 6.45) is 1.83. The van der Waals surface area contributed by atoms with Gasteiger partial charge in [-0.2, -0.15) is 0 Å². The molecule has 1 N–H and O–H groups in total. The van der Waals surface area contributed by atoms with Crippen LogP contribution in [0.1, 0.15) is 47.5 Å². The van der Waals surface area contributed by atoms with Crippen LogP contribution in [-0.2, 0) is 9.59 Å². The first-order valence-electron chi connectivity index (χ1n) is 6.99. The van der Waals surface area contributed by atoms with E-state index in [1.807, 2.05) is 13.8 Å². The Bertz CT molecular complexity index is 315. The van der Waals surface area contributed by atoms with Gasteiger partial charge in [0.2, 0.25) is 11.8 Å². The highest BCUT2D eigenvalue weighted by atomic mass is 16.2. The first kappa shape index (κ1) is 15.0. The van der Waals surface area contributed by atoms with Gasteiger partial charge in [0.05, 0.1) is 0 Å². The van der Waals surface area contributed by atoms with Crippen LogP contribution in [0.15, 0.2) is 0 Å². The van der Waals surface area contributed by atoms with Crippen molar-refractivity contribution in [3.05, 3.63) is 0 Å². The molecule has 0 spiro atoms. The lowest BCUT2D eigenvalue weighted by Crippen LogP contribution is -2.64. The number of carbonyl (C=O) groups excluding carboxylic acids is 2. The third-order valence-corrected chi connectivity index (χ3v) is 3.85. The van der Waals surface area contributed by atoms with Crippen molar-refractivity contribution in [2.75, 3.05) is 6.54 Å². The first-order valence-corrected chi connectivity index (χ1v) is 6.99. The number of hydrogen-bond acceptors (Lipinski definition) is 2. The van der Waals surface area contributed by atoms with Gasteiger partial charge in [-0.3, -0.25) is 9.59 Å². The molecule has 0 radical (unpaired) electrons. The van der Waals surface area contributed by atoms with E-state index in [1.165, 1.54) is 0 Å². The van der Waals surface area contributed by atoms with E-state index in [0.717, 1.165) is 12.8 Å². The highest BCUT2D eigenvalue weighted by Crippen LogP contribution is 2.18. The number of nitrogens with zero attached hydrogens (tertiary/aromatic N) is 1. The number of hydrogen-bond donors (Lipinski definition) is 1. The minimum absolute atomic E-state index is 0.0244. The van der Waals surface area contributed by atoms with Crippen molar-refractivity contribution < 1.29 is 9.59 Å². The Hall–Kier alpha value is -1.06. The molecule has 3 atom stereocenters. The molecular formula is C14H26N2O2. The Morgan fingerprint density at radius 3 is 2.39 bits per heavy atom. The fraction of sp³-hybridized carbons (Fsp3) is 0.857. The average Bonchev–Trinajstić information content (AvgIpc) is 2.32. The summed E-state index contributed by atoms with van der Waals surface area (Å²) in [5, 5.41) is 2.85. The van der Waals surface area contributed by atoms with Crippen molar-refractivity contribution in [2.45, 2.75) is 59.5 Å². The van der Waals surface area contributed by atoms with Gasteiger partial charge in [-0.1, -0.05) is 34.1 Å². The average molecular weight is 254 g/mol. The zero-order valence-corrected chi connectivity index (χ0v) is 12.2. The van der Waals surface area contributed by atoms with Crippen LogP contribution >= 0.6 is 0 Å². The molecule has 0 bridgehead atoms. The molecule has 0 aromatic heterocycles. The topological polar surface area (TPSA) is 49.4 Å². The number of piperazine rings is 1. The SMILES string of the molecule is CCC(C)C1NC(=O)C(C)N(CCC(C)C)C1=O. The van der Waals surface area contributed by atoms with Crippen LogP contribution in [0.3, 0.4) is 0 Å². The van der Waals surface area contributed by atoms with Crippen LogP contribution in [-0.4, -0.2) is 35.3 Å². The molecule has 2 amide bonds. The fourth-order valence-electron chi connectivity index (χ4n) is 2.17. The van der Waals surface area contributed by atoms with E-state index in [1.54, 1.807) is 11.8 Å². The van der Waals surface area contributed by atoms with E-state index in [0.29, 0.717) is 12.5 Å². The second kappa shape index (κ2) is 6.21. The fourth-order valence-corrected chi connectivity index (χ4v) is 2.17. The van der Waals surface area contributed by atoms with E-state index in [9.17, 15) is 9.59 Å². The lowest BCUT2D eigenvalue weighted by Gasteiger charge is -2.39. The van der Waals surface area contributed by atoms with Gasteiger partial charge in [0.1, 0.15) is 12.1 Å². The summed E-state index contributed by atoms with van der Waals surface area (Å²) in [6, 6.07) is -0.678. The largest absolute Gasteiger partial charge is 0.342 e. The lowest BCUT2D eigenvalue weighted by molar-refractivity contribution is -0.150. The van der Waals surface area contributed by atoms with Crippen LogP contribution < -0.4 is 5.32 Å². The summed E-state index contributed by atoms with van der Waals surface area (Å²) in [6.45, 7) is 10.8. The van der Waals surface area contributed by atoms with Crippen molar-refractivity contribution in [1.29, 1.82) is 0 Å². The van der Waals surface area contributed by atoms with Gasteiger partial charge >= 0.3 is 0 Å². The summed E-state index contributed by atoms with van der Waals surface area (Å²) in [7, 11) is 0. The number of amides is 2. The maximum Gasteiger partial charge on any atom is 0.246 e. The maximum absolute atomic E-state index is 12.4. The minimum atomic E-state index is -0.342. The van der Waals surface area contributed by atoms with Crippen molar-refractivity contribution in [3.63, 3.8) is 0 Å². The van der Waals surface area contributed by atoms with E-state index >= 15 is 0 Å². The van der Waals surface area contributed by atoms with Gasteiger partial charge in [0.25, 0.3) is 0 Å². The molecule has 0 aromatic carbocycles. The molecule has 4 heteroatoms. The van der Waals surface area contributed by atoms with Gasteiger partial charge in [-0.05, 0) is 25.2 Å². The molecule has 0 aromatic rings. The zero-order valence-electron chi connectivity index (χ0n) is 12.2. The quantitative estimate of drug-likeness (QED) is 0.813. The molecule has 1 aliphatic heterocycles. The highest BCUT2D eigenvalue weighted by Gasteiger charge is 2.39. The second-order valence-electron chi connectivity index (χ2n) is 5.76. The van der Waals surface area contributed by atoms with Crippen molar-refractivity contribution in [2.24, 2.45) is 11.8 Å². The normalized spacial score (nSPS) is 26.4. The predicted octanol–water partition coefficient (Wildman–Crippen LogP) is 1.79. The molecule has 18 heavy (non-hydrogen) atoms. The van der Waals surface area contributed by atoms with Crippen LogP contribution in [0.2, 0.25) is 0 Å². The second-order valence-corrected chi connectivity index (χ2v) is 5.76. The van der Waals surface area contributed by atoms with Crippen LogP contribution in [0.4, 0.5) is 0 Å². The Kier molecular flexibility index (Phi) is 5.17. The molecule has 1 aliphatic rings. The molecular weight excluding hydrogens is 228 g/mol. The minimum Gasteiger partial charge on any atom is -0.342 e. The molecule has 3 unspecified atom stereocenters. The monoisotopic (exact) mass is 254 g/mol. The van der Waals surface area contributed by atoms with Crippen molar-refractivity contribution in [3.8, 4) is 0 Å². The summed E-state index contributed by atoms with van der Waals surface area (Å²) in [4.78, 5) is 26.1. The Morgan fingerprint density at radius 1 is 1.28 bits per heavy atom. The van der Waals surface area contributed by atoms with Gasteiger partial charge in [0, 0.05) is 6.54 Å². The maximum atomic E-state index is 12.4. The predicted molar refractivity (Wildman–Crippen MR) is 72.0 cm³/mol. The van der Waals surface area contributed by atoms with Gasteiger partial charge in [-0.15, -0.1) is 0 Å². The molecule has 1 rings (SSSR count). The Labute approximate surface area is 110 Å². The molecule has 0 saturated carbocycles. The molecule has 104 valence electrons. The van der Waals surface area contributed by atoms with Gasteiger partial charge in [-0.25, -0.2) is 0 Å². The summed E-state index contributed by atoms with van der Waals surface area (Å²) in [5.74, 6) is 0.785. The van der Waals surface area contributed by atoms with Crippen molar-refractivity contribution in [1.82, 2.24) is 10.2 Å². The first-order chi connectivity index (χ1) is 8.38. The molecule has 1 saturated heterocycles. The highest BCUT2D eigenvalue weighted by molar-refractivity contribution is 5.96. The van der Waals surface area contributed by atoms with E-state index in [-0.39, 0.29) is 29.8 Å². The number of rotatable bonds is 5. The van der Waals surface area contributed by atoms with Gasteiger partial charge < -0.3 is 10.2 Å². The zero-order chi connectivity index (χ0) is 13.9. The molecule has 1 heterocycles. The standard InChI is InChI=1S/C14H26N2O2/c1-6-10(4)12-14(18)16(8-7-9(2)3)11(5)13(17)15-12/h9-12H,6-8H2,1-5H3,(H,15,17). The van der Waals surface area contributed by atoms with E-state index < -0.39 is 0 Å². The third-order valence-electron chi connectivity index (χ3n) is 3.85. The van der Waals surface area contributed by atoms with Crippen LogP contribution in [0, 0.1) is 11.8 Å². The summed E-state index contributed by atoms with van der Waals surface area (Å²) in [5.41, 5.74) is 0. The Balaban J connectivity index is 2.78. The van der Waals surface area contributed by atoms with E-state index in [4.69, 9.17) is 0 Å². The smallest absolute Gasteiger partial charge is 0.246 e. The van der Waals surface area contributed by atoms with Crippen LogP contribution in [0.5, 0.6) is 0 Å². The molecule has 1 fully saturated rings. The van der Waals surface area contributed by atoms with Gasteiger partial charge in [0.15, 0.2) is 0 Å². The summed E-state index contributed by atoms with van der Waals surface area (Å²) < 4.78 is 0. The summed E-state index contributed by atoms with van der Waals surface area (Å²) >= 11 is 0. The lowest BCUT2D eigenvalue weighted by atomic mass is 9.94. The number of nitrogens with one attached hydrogen (secondary N) is 1.